The topological polar surface area (TPSA) is 49.8 Å². The Morgan fingerprint density at radius 1 is 1.06 bits per heavy atom. The second kappa shape index (κ2) is 3.76. The monoisotopic (exact) mass is 220 g/mol. The van der Waals surface area contributed by atoms with Crippen LogP contribution < -0.4 is 0 Å². The summed E-state index contributed by atoms with van der Waals surface area (Å²) in [6, 6.07) is 15.9. The maximum absolute atomic E-state index is 8.74. The third-order valence-electron chi connectivity index (χ3n) is 2.64. The van der Waals surface area contributed by atoms with Gasteiger partial charge in [-0.05, 0) is 16.8 Å². The Labute approximate surface area is 97.9 Å². The highest BCUT2D eigenvalue weighted by molar-refractivity contribution is 5.94. The van der Waals surface area contributed by atoms with Crippen molar-refractivity contribution in [3.63, 3.8) is 0 Å². The van der Waals surface area contributed by atoms with Gasteiger partial charge >= 0.3 is 0 Å². The lowest BCUT2D eigenvalue weighted by Crippen LogP contribution is -1.81. The van der Waals surface area contributed by atoms with Gasteiger partial charge in [-0.1, -0.05) is 36.4 Å². The minimum Gasteiger partial charge on any atom is -0.443 e. The van der Waals surface area contributed by atoms with Crippen LogP contribution in [0.15, 0.2) is 53.1 Å². The van der Waals surface area contributed by atoms with E-state index in [2.05, 4.69) is 4.98 Å². The van der Waals surface area contributed by atoms with Gasteiger partial charge in [-0.15, -0.1) is 0 Å². The summed E-state index contributed by atoms with van der Waals surface area (Å²) < 4.78 is 5.32. The summed E-state index contributed by atoms with van der Waals surface area (Å²) in [5.74, 6) is 0.485. The van der Waals surface area contributed by atoms with Crippen LogP contribution in [0.2, 0.25) is 0 Å². The second-order valence-electron chi connectivity index (χ2n) is 3.68. The van der Waals surface area contributed by atoms with Crippen LogP contribution in [0.5, 0.6) is 0 Å². The fourth-order valence-electron chi connectivity index (χ4n) is 1.86. The zero-order valence-corrected chi connectivity index (χ0v) is 8.92. The van der Waals surface area contributed by atoms with Crippen molar-refractivity contribution in [3.8, 4) is 17.5 Å². The SMILES string of the molecule is N#Cc1coc(-c2cccc3ccccc23)n1. The van der Waals surface area contributed by atoms with Crippen molar-refractivity contribution in [1.29, 1.82) is 5.26 Å². The Bertz CT molecular complexity index is 717. The Kier molecular flexibility index (Phi) is 2.13. The van der Waals surface area contributed by atoms with E-state index in [0.29, 0.717) is 11.6 Å². The summed E-state index contributed by atoms with van der Waals surface area (Å²) in [5.41, 5.74) is 1.21. The normalized spacial score (nSPS) is 10.3. The van der Waals surface area contributed by atoms with Gasteiger partial charge in [-0.25, -0.2) is 0 Å². The number of hydrogen-bond acceptors (Lipinski definition) is 3. The first-order valence-corrected chi connectivity index (χ1v) is 5.22. The first kappa shape index (κ1) is 9.61. The van der Waals surface area contributed by atoms with Crippen LogP contribution in [-0.2, 0) is 0 Å². The van der Waals surface area contributed by atoms with Crippen molar-refractivity contribution in [2.45, 2.75) is 0 Å². The maximum atomic E-state index is 8.74. The summed E-state index contributed by atoms with van der Waals surface area (Å²) in [5, 5.41) is 10.9. The van der Waals surface area contributed by atoms with E-state index < -0.39 is 0 Å². The number of nitriles is 1. The minimum atomic E-state index is 0.299. The Morgan fingerprint density at radius 2 is 1.88 bits per heavy atom. The average Bonchev–Trinajstić information content (AvgIpc) is 2.87. The van der Waals surface area contributed by atoms with Gasteiger partial charge in [0.1, 0.15) is 12.3 Å². The van der Waals surface area contributed by atoms with Crippen LogP contribution in [0.1, 0.15) is 5.69 Å². The molecule has 0 aliphatic heterocycles. The number of oxazole rings is 1. The molecular formula is C14H8N2O. The summed E-state index contributed by atoms with van der Waals surface area (Å²) in [4.78, 5) is 4.12. The smallest absolute Gasteiger partial charge is 0.227 e. The summed E-state index contributed by atoms with van der Waals surface area (Å²) in [6.45, 7) is 0. The van der Waals surface area contributed by atoms with Crippen LogP contribution in [-0.4, -0.2) is 4.98 Å². The van der Waals surface area contributed by atoms with Gasteiger partial charge in [0.2, 0.25) is 5.89 Å². The molecule has 3 nitrogen and oxygen atoms in total. The molecule has 1 heterocycles. The first-order chi connectivity index (χ1) is 8.38. The van der Waals surface area contributed by atoms with Gasteiger partial charge in [-0.3, -0.25) is 0 Å². The van der Waals surface area contributed by atoms with E-state index in [4.69, 9.17) is 9.68 Å². The molecule has 0 saturated heterocycles. The quantitative estimate of drug-likeness (QED) is 0.631. The molecule has 1 aromatic heterocycles. The average molecular weight is 220 g/mol. The van der Waals surface area contributed by atoms with Crippen molar-refractivity contribution < 1.29 is 4.42 Å². The molecule has 3 rings (SSSR count). The summed E-state index contributed by atoms with van der Waals surface area (Å²) in [6.07, 6.45) is 1.37. The standard InChI is InChI=1S/C14H8N2O/c15-8-11-9-17-14(16-11)13-7-3-5-10-4-1-2-6-12(10)13/h1-7,9H. The number of hydrogen-bond donors (Lipinski definition) is 0. The van der Waals surface area contributed by atoms with E-state index in [1.807, 2.05) is 48.5 Å². The Morgan fingerprint density at radius 3 is 2.71 bits per heavy atom. The van der Waals surface area contributed by atoms with Gasteiger partial charge in [0, 0.05) is 5.56 Å². The maximum Gasteiger partial charge on any atom is 0.227 e. The molecule has 2 aromatic carbocycles. The number of rotatable bonds is 1. The number of aromatic nitrogens is 1. The number of benzene rings is 2. The fraction of sp³-hybridized carbons (Fsp3) is 0. The highest BCUT2D eigenvalue weighted by atomic mass is 16.3. The summed E-state index contributed by atoms with van der Waals surface area (Å²) in [7, 11) is 0. The highest BCUT2D eigenvalue weighted by Crippen LogP contribution is 2.27. The van der Waals surface area contributed by atoms with Gasteiger partial charge in [-0.2, -0.15) is 10.2 Å². The first-order valence-electron chi connectivity index (χ1n) is 5.22. The summed E-state index contributed by atoms with van der Waals surface area (Å²) >= 11 is 0. The second-order valence-corrected chi connectivity index (χ2v) is 3.68. The van der Waals surface area contributed by atoms with Gasteiger partial charge in [0.25, 0.3) is 0 Å². The largest absolute Gasteiger partial charge is 0.443 e. The lowest BCUT2D eigenvalue weighted by molar-refractivity contribution is 0.575. The molecule has 3 aromatic rings. The lowest BCUT2D eigenvalue weighted by Gasteiger charge is -2.01. The number of fused-ring (bicyclic) bond motifs is 1. The molecular weight excluding hydrogens is 212 g/mol. The molecule has 0 unspecified atom stereocenters. The van der Waals surface area contributed by atoms with Crippen molar-refractivity contribution in [3.05, 3.63) is 54.4 Å². The van der Waals surface area contributed by atoms with Gasteiger partial charge < -0.3 is 4.42 Å². The minimum absolute atomic E-state index is 0.299. The van der Waals surface area contributed by atoms with Gasteiger partial charge in [0.15, 0.2) is 5.69 Å². The molecule has 0 N–H and O–H groups in total. The van der Waals surface area contributed by atoms with Crippen LogP contribution >= 0.6 is 0 Å². The molecule has 0 fully saturated rings. The van der Waals surface area contributed by atoms with Crippen molar-refractivity contribution in [2.75, 3.05) is 0 Å². The molecule has 0 atom stereocenters. The molecule has 3 heteroatoms. The molecule has 0 amide bonds. The van der Waals surface area contributed by atoms with Crippen LogP contribution in [0.3, 0.4) is 0 Å². The van der Waals surface area contributed by atoms with E-state index in [9.17, 15) is 0 Å². The van der Waals surface area contributed by atoms with E-state index in [-0.39, 0.29) is 0 Å². The molecule has 80 valence electrons. The predicted octanol–water partition coefficient (Wildman–Crippen LogP) is 3.37. The van der Waals surface area contributed by atoms with Crippen molar-refractivity contribution in [1.82, 2.24) is 4.98 Å². The molecule has 0 radical (unpaired) electrons. The Hall–Kier alpha value is -2.60. The number of nitrogens with zero attached hydrogens (tertiary/aromatic N) is 2. The molecule has 0 spiro atoms. The van der Waals surface area contributed by atoms with Crippen LogP contribution in [0.25, 0.3) is 22.2 Å². The molecule has 0 saturated carbocycles. The Balaban J connectivity index is 2.27. The van der Waals surface area contributed by atoms with E-state index in [1.54, 1.807) is 0 Å². The molecule has 0 aliphatic carbocycles. The van der Waals surface area contributed by atoms with Crippen LogP contribution in [0.4, 0.5) is 0 Å². The fourth-order valence-corrected chi connectivity index (χ4v) is 1.86. The lowest BCUT2D eigenvalue weighted by atomic mass is 10.0. The molecule has 0 bridgehead atoms. The molecule has 17 heavy (non-hydrogen) atoms. The predicted molar refractivity (Wildman–Crippen MR) is 64.2 cm³/mol. The van der Waals surface area contributed by atoms with Crippen molar-refractivity contribution >= 4 is 10.8 Å². The van der Waals surface area contributed by atoms with E-state index in [0.717, 1.165) is 16.3 Å². The van der Waals surface area contributed by atoms with Gasteiger partial charge in [0.05, 0.1) is 0 Å². The third-order valence-corrected chi connectivity index (χ3v) is 2.64. The van der Waals surface area contributed by atoms with Crippen LogP contribution in [0, 0.1) is 11.3 Å². The zero-order valence-electron chi connectivity index (χ0n) is 8.92. The highest BCUT2D eigenvalue weighted by Gasteiger charge is 2.09. The van der Waals surface area contributed by atoms with E-state index in [1.165, 1.54) is 6.26 Å². The zero-order chi connectivity index (χ0) is 11.7. The third kappa shape index (κ3) is 1.56. The van der Waals surface area contributed by atoms with Crippen molar-refractivity contribution in [2.24, 2.45) is 0 Å². The molecule has 0 aliphatic rings. The van der Waals surface area contributed by atoms with E-state index >= 15 is 0 Å².